The van der Waals surface area contributed by atoms with E-state index >= 15 is 0 Å². The van der Waals surface area contributed by atoms with E-state index in [2.05, 4.69) is 15.3 Å². The minimum absolute atomic E-state index is 0. The van der Waals surface area contributed by atoms with Crippen molar-refractivity contribution >= 4 is 47.2 Å². The Morgan fingerprint density at radius 3 is 2.42 bits per heavy atom. The molecule has 2 heterocycles. The molecule has 2 aliphatic carbocycles. The zero-order valence-electron chi connectivity index (χ0n) is 13.9. The molecule has 1 aromatic rings. The summed E-state index contributed by atoms with van der Waals surface area (Å²) in [5, 5.41) is 3.17. The summed E-state index contributed by atoms with van der Waals surface area (Å²) < 4.78 is 0. The van der Waals surface area contributed by atoms with Gasteiger partial charge >= 0.3 is 0 Å². The number of thiazole rings is 1. The first-order chi connectivity index (χ1) is 10.6. The van der Waals surface area contributed by atoms with Gasteiger partial charge in [0.1, 0.15) is 0 Å². The molecule has 0 spiro atoms. The van der Waals surface area contributed by atoms with Crippen molar-refractivity contribution in [3.63, 3.8) is 0 Å². The van der Waals surface area contributed by atoms with Gasteiger partial charge in [0.05, 0.1) is 11.6 Å². The van der Waals surface area contributed by atoms with Crippen LogP contribution in [0, 0.1) is 24.7 Å². The van der Waals surface area contributed by atoms with Crippen LogP contribution in [0.2, 0.25) is 0 Å². The Balaban J connectivity index is 0.00000104. The maximum atomic E-state index is 12.9. The summed E-state index contributed by atoms with van der Waals surface area (Å²) in [6.07, 6.45) is 3.61. The number of aromatic nitrogens is 1. The lowest BCUT2D eigenvalue weighted by Gasteiger charge is -2.38. The third-order valence-electron chi connectivity index (χ3n) is 5.73. The first-order valence-corrected chi connectivity index (χ1v) is 9.23. The van der Waals surface area contributed by atoms with E-state index in [0.29, 0.717) is 17.7 Å². The van der Waals surface area contributed by atoms with Crippen LogP contribution in [0.3, 0.4) is 0 Å². The Morgan fingerprint density at radius 1 is 1.21 bits per heavy atom. The molecular formula is C16H26Cl2N4OS. The number of halogens is 2. The third-order valence-corrected chi connectivity index (χ3v) is 6.75. The van der Waals surface area contributed by atoms with Crippen molar-refractivity contribution in [2.75, 3.05) is 31.1 Å². The van der Waals surface area contributed by atoms with Crippen LogP contribution in [-0.2, 0) is 4.79 Å². The zero-order valence-corrected chi connectivity index (χ0v) is 16.3. The van der Waals surface area contributed by atoms with Crippen LogP contribution in [0.5, 0.6) is 0 Å². The van der Waals surface area contributed by atoms with E-state index in [-0.39, 0.29) is 36.8 Å². The molecule has 2 saturated carbocycles. The van der Waals surface area contributed by atoms with Gasteiger partial charge in [-0.05, 0) is 38.0 Å². The van der Waals surface area contributed by atoms with Crippen LogP contribution < -0.4 is 10.6 Å². The second kappa shape index (κ2) is 7.77. The fourth-order valence-corrected chi connectivity index (χ4v) is 5.37. The van der Waals surface area contributed by atoms with E-state index in [4.69, 9.17) is 5.73 Å². The molecule has 4 atom stereocenters. The number of carbonyl (C=O) groups is 1. The van der Waals surface area contributed by atoms with Gasteiger partial charge < -0.3 is 15.5 Å². The quantitative estimate of drug-likeness (QED) is 0.838. The van der Waals surface area contributed by atoms with Crippen molar-refractivity contribution in [3.8, 4) is 0 Å². The number of amides is 1. The highest BCUT2D eigenvalue weighted by atomic mass is 35.5. The molecule has 5 nitrogen and oxygen atoms in total. The predicted molar refractivity (Wildman–Crippen MR) is 102 cm³/mol. The summed E-state index contributed by atoms with van der Waals surface area (Å²) in [6, 6.07) is 0.103. The highest BCUT2D eigenvalue weighted by Crippen LogP contribution is 2.48. The average Bonchev–Trinajstić information content (AvgIpc) is 3.23. The predicted octanol–water partition coefficient (Wildman–Crippen LogP) is 2.32. The molecule has 1 amide bonds. The zero-order chi connectivity index (χ0) is 15.3. The Kier molecular flexibility index (Phi) is 6.40. The summed E-state index contributed by atoms with van der Waals surface area (Å²) in [5.41, 5.74) is 7.40. The first kappa shape index (κ1) is 19.8. The largest absolute Gasteiger partial charge is 0.345 e. The molecule has 136 valence electrons. The van der Waals surface area contributed by atoms with Crippen LogP contribution in [0.15, 0.2) is 5.38 Å². The minimum Gasteiger partial charge on any atom is -0.345 e. The molecule has 2 N–H and O–H groups in total. The summed E-state index contributed by atoms with van der Waals surface area (Å²) in [5.74, 6) is 1.55. The second-order valence-electron chi connectivity index (χ2n) is 7.02. The molecule has 0 radical (unpaired) electrons. The lowest BCUT2D eigenvalue weighted by Crippen LogP contribution is -2.53. The van der Waals surface area contributed by atoms with Gasteiger partial charge in [-0.3, -0.25) is 4.79 Å². The summed E-state index contributed by atoms with van der Waals surface area (Å²) in [4.78, 5) is 21.7. The Morgan fingerprint density at radius 2 is 1.88 bits per heavy atom. The monoisotopic (exact) mass is 392 g/mol. The highest BCUT2D eigenvalue weighted by molar-refractivity contribution is 7.13. The molecular weight excluding hydrogens is 367 g/mol. The van der Waals surface area contributed by atoms with Crippen molar-refractivity contribution in [3.05, 3.63) is 11.1 Å². The smallest absolute Gasteiger partial charge is 0.227 e. The van der Waals surface area contributed by atoms with Crippen molar-refractivity contribution < 1.29 is 4.79 Å². The lowest BCUT2D eigenvalue weighted by molar-refractivity contribution is -0.138. The second-order valence-corrected chi connectivity index (χ2v) is 7.86. The number of nitrogens with two attached hydrogens (primary N) is 1. The molecule has 3 fully saturated rings. The Hall–Kier alpha value is -0.560. The molecule has 1 aliphatic heterocycles. The fourth-order valence-electron chi connectivity index (χ4n) is 4.52. The molecule has 4 unspecified atom stereocenters. The molecule has 1 aromatic heterocycles. The molecule has 2 bridgehead atoms. The number of hydrogen-bond donors (Lipinski definition) is 1. The SMILES string of the molecule is Cc1csc(N2CCN(C(=O)C3C4CCC(C4)C3N)CC2)n1.Cl.Cl. The Labute approximate surface area is 159 Å². The number of anilines is 1. The van der Waals surface area contributed by atoms with E-state index in [1.54, 1.807) is 11.3 Å². The normalized spacial score (nSPS) is 31.6. The van der Waals surface area contributed by atoms with Gasteiger partial charge in [-0.2, -0.15) is 0 Å². The van der Waals surface area contributed by atoms with Crippen molar-refractivity contribution in [2.24, 2.45) is 23.5 Å². The van der Waals surface area contributed by atoms with Gasteiger partial charge in [0, 0.05) is 37.6 Å². The molecule has 24 heavy (non-hydrogen) atoms. The Bertz CT molecular complexity index is 574. The lowest BCUT2D eigenvalue weighted by atomic mass is 9.84. The summed E-state index contributed by atoms with van der Waals surface area (Å²) >= 11 is 1.69. The highest BCUT2D eigenvalue weighted by Gasteiger charge is 2.50. The topological polar surface area (TPSA) is 62.5 Å². The van der Waals surface area contributed by atoms with Crippen molar-refractivity contribution in [1.29, 1.82) is 0 Å². The molecule has 8 heteroatoms. The van der Waals surface area contributed by atoms with Crippen molar-refractivity contribution in [1.82, 2.24) is 9.88 Å². The number of hydrogen-bond acceptors (Lipinski definition) is 5. The van der Waals surface area contributed by atoms with Crippen molar-refractivity contribution in [2.45, 2.75) is 32.2 Å². The maximum absolute atomic E-state index is 12.9. The number of carbonyl (C=O) groups excluding carboxylic acids is 1. The minimum atomic E-state index is 0. The van der Waals surface area contributed by atoms with E-state index in [1.807, 2.05) is 11.8 Å². The molecule has 3 aliphatic rings. The standard InChI is InChI=1S/C16H24N4OS.2ClH/c1-10-9-22-16(18-10)20-6-4-19(5-7-20)15(21)13-11-2-3-12(8-11)14(13)17;;/h9,11-14H,2-8,17H2,1H3;2*1H. The molecule has 4 rings (SSSR count). The fraction of sp³-hybridized carbons (Fsp3) is 0.750. The number of nitrogens with zero attached hydrogens (tertiary/aromatic N) is 3. The van der Waals surface area contributed by atoms with Gasteiger partial charge in [0.25, 0.3) is 0 Å². The third kappa shape index (κ3) is 3.39. The van der Waals surface area contributed by atoms with Crippen LogP contribution in [0.25, 0.3) is 0 Å². The number of fused-ring (bicyclic) bond motifs is 2. The van der Waals surface area contributed by atoms with Gasteiger partial charge in [0.2, 0.25) is 5.91 Å². The van der Waals surface area contributed by atoms with Crippen LogP contribution in [0.1, 0.15) is 25.0 Å². The molecule has 0 aromatic carbocycles. The van der Waals surface area contributed by atoms with E-state index in [1.165, 1.54) is 19.3 Å². The van der Waals surface area contributed by atoms with E-state index in [0.717, 1.165) is 37.0 Å². The first-order valence-electron chi connectivity index (χ1n) is 8.35. The van der Waals surface area contributed by atoms with Gasteiger partial charge in [-0.25, -0.2) is 4.98 Å². The number of aryl methyl sites for hydroxylation is 1. The van der Waals surface area contributed by atoms with E-state index in [9.17, 15) is 4.79 Å². The van der Waals surface area contributed by atoms with Crippen LogP contribution >= 0.6 is 36.2 Å². The maximum Gasteiger partial charge on any atom is 0.227 e. The summed E-state index contributed by atoms with van der Waals surface area (Å²) in [7, 11) is 0. The van der Waals surface area contributed by atoms with Crippen LogP contribution in [-0.4, -0.2) is 48.0 Å². The average molecular weight is 393 g/mol. The summed E-state index contributed by atoms with van der Waals surface area (Å²) in [6.45, 7) is 5.40. The van der Waals surface area contributed by atoms with Gasteiger partial charge in [-0.15, -0.1) is 36.2 Å². The van der Waals surface area contributed by atoms with Gasteiger partial charge in [-0.1, -0.05) is 0 Å². The molecule has 1 saturated heterocycles. The van der Waals surface area contributed by atoms with Gasteiger partial charge in [0.15, 0.2) is 5.13 Å². The number of piperazine rings is 1. The number of rotatable bonds is 2. The van der Waals surface area contributed by atoms with Crippen LogP contribution in [0.4, 0.5) is 5.13 Å². The van der Waals surface area contributed by atoms with E-state index < -0.39 is 0 Å².